The molecule has 2 aromatic rings. The SMILES string of the molecule is C[C@H](NCc1cnn(C)c1)c1ccncc1. The molecule has 0 spiro atoms. The van der Waals surface area contributed by atoms with E-state index in [1.807, 2.05) is 48.6 Å². The highest BCUT2D eigenvalue weighted by atomic mass is 15.2. The van der Waals surface area contributed by atoms with E-state index in [2.05, 4.69) is 22.3 Å². The van der Waals surface area contributed by atoms with Crippen molar-refractivity contribution in [3.05, 3.63) is 48.0 Å². The van der Waals surface area contributed by atoms with E-state index in [9.17, 15) is 0 Å². The Kier molecular flexibility index (Phi) is 3.31. The second-order valence-corrected chi connectivity index (χ2v) is 3.91. The number of nitrogens with zero attached hydrogens (tertiary/aromatic N) is 3. The van der Waals surface area contributed by atoms with Gasteiger partial charge in [0.05, 0.1) is 6.20 Å². The molecule has 0 fully saturated rings. The lowest BCUT2D eigenvalue weighted by Crippen LogP contribution is -2.17. The molecular formula is C12H16N4. The Morgan fingerprint density at radius 3 is 2.75 bits per heavy atom. The van der Waals surface area contributed by atoms with E-state index in [4.69, 9.17) is 0 Å². The summed E-state index contributed by atoms with van der Waals surface area (Å²) in [7, 11) is 1.93. The molecule has 0 amide bonds. The molecular weight excluding hydrogens is 200 g/mol. The summed E-state index contributed by atoms with van der Waals surface area (Å²) in [6, 6.07) is 4.38. The van der Waals surface area contributed by atoms with Gasteiger partial charge in [-0.05, 0) is 24.6 Å². The van der Waals surface area contributed by atoms with Crippen LogP contribution < -0.4 is 5.32 Å². The van der Waals surface area contributed by atoms with Gasteiger partial charge in [0.25, 0.3) is 0 Å². The fraction of sp³-hybridized carbons (Fsp3) is 0.333. The highest BCUT2D eigenvalue weighted by Gasteiger charge is 2.04. The van der Waals surface area contributed by atoms with Crippen LogP contribution in [0.4, 0.5) is 0 Å². The molecule has 0 unspecified atom stereocenters. The number of pyridine rings is 1. The van der Waals surface area contributed by atoms with Crippen molar-refractivity contribution in [2.24, 2.45) is 7.05 Å². The standard InChI is InChI=1S/C12H16N4/c1-10(12-3-5-13-6-4-12)14-7-11-8-15-16(2)9-11/h3-6,8-10,14H,7H2,1-2H3/t10-/m0/s1. The van der Waals surface area contributed by atoms with Crippen molar-refractivity contribution in [1.82, 2.24) is 20.1 Å². The summed E-state index contributed by atoms with van der Waals surface area (Å²) in [6.07, 6.45) is 7.54. The van der Waals surface area contributed by atoms with Crippen molar-refractivity contribution in [3.63, 3.8) is 0 Å². The number of rotatable bonds is 4. The summed E-state index contributed by atoms with van der Waals surface area (Å²) < 4.78 is 1.81. The normalized spacial score (nSPS) is 12.6. The Morgan fingerprint density at radius 1 is 1.38 bits per heavy atom. The maximum Gasteiger partial charge on any atom is 0.0534 e. The third-order valence-electron chi connectivity index (χ3n) is 2.58. The summed E-state index contributed by atoms with van der Waals surface area (Å²) in [5, 5.41) is 7.58. The van der Waals surface area contributed by atoms with E-state index >= 15 is 0 Å². The smallest absolute Gasteiger partial charge is 0.0534 e. The van der Waals surface area contributed by atoms with Gasteiger partial charge in [-0.1, -0.05) is 0 Å². The van der Waals surface area contributed by atoms with Gasteiger partial charge < -0.3 is 5.32 Å². The zero-order valence-electron chi connectivity index (χ0n) is 9.59. The zero-order valence-corrected chi connectivity index (χ0v) is 9.59. The number of hydrogen-bond donors (Lipinski definition) is 1. The molecule has 4 heteroatoms. The van der Waals surface area contributed by atoms with E-state index in [1.165, 1.54) is 11.1 Å². The fourth-order valence-electron chi connectivity index (χ4n) is 1.60. The first-order valence-electron chi connectivity index (χ1n) is 5.36. The third kappa shape index (κ3) is 2.67. The summed E-state index contributed by atoms with van der Waals surface area (Å²) >= 11 is 0. The van der Waals surface area contributed by atoms with E-state index < -0.39 is 0 Å². The van der Waals surface area contributed by atoms with Gasteiger partial charge in [0.1, 0.15) is 0 Å². The van der Waals surface area contributed by atoms with Crippen molar-refractivity contribution in [3.8, 4) is 0 Å². The first kappa shape index (κ1) is 10.8. The van der Waals surface area contributed by atoms with Crippen LogP contribution in [0.5, 0.6) is 0 Å². The van der Waals surface area contributed by atoms with Crippen LogP contribution in [0.2, 0.25) is 0 Å². The minimum Gasteiger partial charge on any atom is -0.306 e. The average molecular weight is 216 g/mol. The Morgan fingerprint density at radius 2 is 2.12 bits per heavy atom. The van der Waals surface area contributed by atoms with Gasteiger partial charge in [0.15, 0.2) is 0 Å². The molecule has 0 saturated heterocycles. The lowest BCUT2D eigenvalue weighted by Gasteiger charge is -2.12. The second kappa shape index (κ2) is 4.90. The largest absolute Gasteiger partial charge is 0.306 e. The molecule has 2 heterocycles. The molecule has 0 saturated carbocycles. The van der Waals surface area contributed by atoms with Crippen molar-refractivity contribution < 1.29 is 0 Å². The van der Waals surface area contributed by atoms with Crippen molar-refractivity contribution in [2.75, 3.05) is 0 Å². The molecule has 84 valence electrons. The van der Waals surface area contributed by atoms with Gasteiger partial charge in [-0.3, -0.25) is 9.67 Å². The molecule has 1 N–H and O–H groups in total. The summed E-state index contributed by atoms with van der Waals surface area (Å²) in [5.41, 5.74) is 2.45. The molecule has 2 aromatic heterocycles. The predicted octanol–water partition coefficient (Wildman–Crippen LogP) is 1.67. The quantitative estimate of drug-likeness (QED) is 0.845. The van der Waals surface area contributed by atoms with Gasteiger partial charge in [0.2, 0.25) is 0 Å². The van der Waals surface area contributed by atoms with Crippen LogP contribution in [-0.4, -0.2) is 14.8 Å². The van der Waals surface area contributed by atoms with Crippen molar-refractivity contribution in [2.45, 2.75) is 19.5 Å². The zero-order chi connectivity index (χ0) is 11.4. The molecule has 16 heavy (non-hydrogen) atoms. The van der Waals surface area contributed by atoms with E-state index in [1.54, 1.807) is 0 Å². The molecule has 0 aliphatic heterocycles. The topological polar surface area (TPSA) is 42.7 Å². The van der Waals surface area contributed by atoms with Crippen molar-refractivity contribution in [1.29, 1.82) is 0 Å². The van der Waals surface area contributed by atoms with Gasteiger partial charge in [-0.25, -0.2) is 0 Å². The van der Waals surface area contributed by atoms with Gasteiger partial charge in [-0.2, -0.15) is 5.10 Å². The maximum atomic E-state index is 4.13. The molecule has 1 atom stereocenters. The minimum atomic E-state index is 0.322. The first-order chi connectivity index (χ1) is 7.75. The number of nitrogens with one attached hydrogen (secondary N) is 1. The van der Waals surface area contributed by atoms with Crippen molar-refractivity contribution >= 4 is 0 Å². The maximum absolute atomic E-state index is 4.13. The van der Waals surface area contributed by atoms with E-state index in [0.29, 0.717) is 6.04 Å². The fourth-order valence-corrected chi connectivity index (χ4v) is 1.60. The van der Waals surface area contributed by atoms with Gasteiger partial charge in [0, 0.05) is 43.8 Å². The molecule has 2 rings (SSSR count). The van der Waals surface area contributed by atoms with Crippen LogP contribution >= 0.6 is 0 Å². The number of aryl methyl sites for hydroxylation is 1. The molecule has 0 aliphatic rings. The molecule has 0 bridgehead atoms. The Hall–Kier alpha value is -1.68. The van der Waals surface area contributed by atoms with Crippen LogP contribution in [0.1, 0.15) is 24.1 Å². The minimum absolute atomic E-state index is 0.322. The summed E-state index contributed by atoms with van der Waals surface area (Å²) in [5.74, 6) is 0. The lowest BCUT2D eigenvalue weighted by atomic mass is 10.1. The van der Waals surface area contributed by atoms with Crippen LogP contribution in [0.3, 0.4) is 0 Å². The lowest BCUT2D eigenvalue weighted by molar-refractivity contribution is 0.574. The van der Waals surface area contributed by atoms with Crippen LogP contribution in [0.25, 0.3) is 0 Å². The van der Waals surface area contributed by atoms with Gasteiger partial charge >= 0.3 is 0 Å². The monoisotopic (exact) mass is 216 g/mol. The molecule has 0 aliphatic carbocycles. The first-order valence-corrected chi connectivity index (χ1v) is 5.36. The Balaban J connectivity index is 1.91. The van der Waals surface area contributed by atoms with Crippen LogP contribution in [0.15, 0.2) is 36.9 Å². The van der Waals surface area contributed by atoms with E-state index in [-0.39, 0.29) is 0 Å². The molecule has 0 aromatic carbocycles. The summed E-state index contributed by atoms with van der Waals surface area (Å²) in [6.45, 7) is 2.98. The Labute approximate surface area is 95.3 Å². The van der Waals surface area contributed by atoms with E-state index in [0.717, 1.165) is 6.54 Å². The highest BCUT2D eigenvalue weighted by Crippen LogP contribution is 2.10. The second-order valence-electron chi connectivity index (χ2n) is 3.91. The third-order valence-corrected chi connectivity index (χ3v) is 2.58. The van der Waals surface area contributed by atoms with Crippen LogP contribution in [-0.2, 0) is 13.6 Å². The molecule has 4 nitrogen and oxygen atoms in total. The molecule has 0 radical (unpaired) electrons. The van der Waals surface area contributed by atoms with Crippen LogP contribution in [0, 0.1) is 0 Å². The predicted molar refractivity (Wildman–Crippen MR) is 62.7 cm³/mol. The van der Waals surface area contributed by atoms with Gasteiger partial charge in [-0.15, -0.1) is 0 Å². The average Bonchev–Trinajstić information content (AvgIpc) is 2.73. The highest BCUT2D eigenvalue weighted by molar-refractivity contribution is 5.14. The number of hydrogen-bond acceptors (Lipinski definition) is 3. The number of aromatic nitrogens is 3. The Bertz CT molecular complexity index is 435. The summed E-state index contributed by atoms with van der Waals surface area (Å²) in [4.78, 5) is 4.01.